The van der Waals surface area contributed by atoms with E-state index in [1.54, 1.807) is 0 Å². The van der Waals surface area contributed by atoms with Gasteiger partial charge in [0.1, 0.15) is 0 Å². The van der Waals surface area contributed by atoms with Gasteiger partial charge in [0.15, 0.2) is 0 Å². The van der Waals surface area contributed by atoms with E-state index in [0.717, 1.165) is 6.54 Å². The van der Waals surface area contributed by atoms with Crippen molar-refractivity contribution >= 4 is 0 Å². The van der Waals surface area contributed by atoms with Crippen LogP contribution in [0.1, 0.15) is 0 Å². The third kappa shape index (κ3) is 2.14. The molecule has 4 N–H and O–H groups in total. The van der Waals surface area contributed by atoms with Crippen LogP contribution in [0.4, 0.5) is 0 Å². The smallest absolute Gasteiger partial charge is 0.0937 e. The van der Waals surface area contributed by atoms with Gasteiger partial charge in [-0.3, -0.25) is 0 Å². The van der Waals surface area contributed by atoms with Crippen LogP contribution in [0.25, 0.3) is 0 Å². The summed E-state index contributed by atoms with van der Waals surface area (Å²) < 4.78 is 0. The summed E-state index contributed by atoms with van der Waals surface area (Å²) in [5, 5.41) is 16.2. The zero-order valence-electron chi connectivity index (χ0n) is 3.33. The fourth-order valence-corrected chi connectivity index (χ4v) is 0.0609. The van der Waals surface area contributed by atoms with Gasteiger partial charge < -0.3 is 15.9 Å². The van der Waals surface area contributed by atoms with Crippen molar-refractivity contribution in [3.8, 4) is 0 Å². The first-order chi connectivity index (χ1) is 2.81. The van der Waals surface area contributed by atoms with Crippen molar-refractivity contribution in [2.45, 2.75) is 6.10 Å². The Hall–Kier alpha value is -0.120. The Morgan fingerprint density at radius 1 is 1.83 bits per heavy atom. The minimum absolute atomic E-state index is 0.295. The molecule has 3 nitrogen and oxygen atoms in total. The molecule has 3 heteroatoms. The molecule has 0 amide bonds. The Bertz CT molecular complexity index is 28.0. The summed E-state index contributed by atoms with van der Waals surface area (Å²) in [6, 6.07) is 0. The van der Waals surface area contributed by atoms with Crippen LogP contribution in [-0.2, 0) is 0 Å². The van der Waals surface area contributed by atoms with E-state index in [4.69, 9.17) is 15.9 Å². The summed E-state index contributed by atoms with van der Waals surface area (Å²) in [5.41, 5.74) is 4.75. The second-order valence-corrected chi connectivity index (χ2v) is 0.942. The van der Waals surface area contributed by atoms with Crippen molar-refractivity contribution < 1.29 is 10.2 Å². The van der Waals surface area contributed by atoms with Gasteiger partial charge in [-0.15, -0.1) is 0 Å². The number of aliphatic hydroxyl groups excluding tert-OH is 2. The molecule has 6 heavy (non-hydrogen) atoms. The Kier molecular flexibility index (Phi) is 3.02. The van der Waals surface area contributed by atoms with Crippen LogP contribution in [0.2, 0.25) is 0 Å². The predicted octanol–water partition coefficient (Wildman–Crippen LogP) is -1.54. The zero-order valence-corrected chi connectivity index (χ0v) is 3.33. The fraction of sp³-hybridized carbons (Fsp3) is 0.667. The number of rotatable bonds is 2. The molecule has 1 atom stereocenters. The van der Waals surface area contributed by atoms with Gasteiger partial charge in [-0.25, -0.2) is 0 Å². The van der Waals surface area contributed by atoms with Gasteiger partial charge in [-0.1, -0.05) is 0 Å². The highest BCUT2D eigenvalue weighted by Crippen LogP contribution is 1.75. The summed E-state index contributed by atoms with van der Waals surface area (Å²) >= 11 is 0. The van der Waals surface area contributed by atoms with Crippen LogP contribution in [0.3, 0.4) is 0 Å². The quantitative estimate of drug-likeness (QED) is 0.385. The lowest BCUT2D eigenvalue weighted by molar-refractivity contribution is 0.118. The predicted molar refractivity (Wildman–Crippen MR) is 21.6 cm³/mol. The summed E-state index contributed by atoms with van der Waals surface area (Å²) in [6.07, 6.45) is -0.856. The molecule has 0 saturated carbocycles. The molecule has 0 aromatic rings. The second kappa shape index (κ2) is 3.08. The van der Waals surface area contributed by atoms with E-state index in [0.29, 0.717) is 0 Å². The van der Waals surface area contributed by atoms with Crippen LogP contribution in [0, 0.1) is 6.54 Å². The average molecular weight is 90.1 g/mol. The molecular weight excluding hydrogens is 82.0 g/mol. The monoisotopic (exact) mass is 90.1 g/mol. The highest BCUT2D eigenvalue weighted by molar-refractivity contribution is 4.64. The molecule has 0 aliphatic rings. The van der Waals surface area contributed by atoms with E-state index in [1.807, 2.05) is 0 Å². The SMILES string of the molecule is N[CH][C@H](O)CO. The maximum Gasteiger partial charge on any atom is 0.0937 e. The number of hydrogen-bond donors (Lipinski definition) is 3. The standard InChI is InChI=1S/C3H8NO2/c4-1-3(6)2-5/h1,3,5-6H,2,4H2/t3-/m0/s1. The van der Waals surface area contributed by atoms with Gasteiger partial charge in [0.25, 0.3) is 0 Å². The third-order valence-electron chi connectivity index (χ3n) is 0.409. The van der Waals surface area contributed by atoms with E-state index in [9.17, 15) is 0 Å². The highest BCUT2D eigenvalue weighted by Gasteiger charge is 1.93. The summed E-state index contributed by atoms with van der Waals surface area (Å²) in [5.74, 6) is 0. The molecule has 0 aromatic heterocycles. The van der Waals surface area contributed by atoms with E-state index >= 15 is 0 Å². The van der Waals surface area contributed by atoms with Gasteiger partial charge in [0, 0.05) is 0 Å². The van der Waals surface area contributed by atoms with E-state index in [1.165, 1.54) is 0 Å². The zero-order chi connectivity index (χ0) is 4.99. The van der Waals surface area contributed by atoms with Crippen LogP contribution >= 0.6 is 0 Å². The van der Waals surface area contributed by atoms with Crippen molar-refractivity contribution in [1.82, 2.24) is 0 Å². The Balaban J connectivity index is 2.75. The highest BCUT2D eigenvalue weighted by atomic mass is 16.3. The Labute approximate surface area is 36.4 Å². The molecule has 0 saturated heterocycles. The van der Waals surface area contributed by atoms with Gasteiger partial charge in [-0.05, 0) is 0 Å². The minimum atomic E-state index is -0.856. The lowest BCUT2D eigenvalue weighted by Crippen LogP contribution is -2.16. The first-order valence-corrected chi connectivity index (χ1v) is 1.65. The largest absolute Gasteiger partial charge is 0.394 e. The van der Waals surface area contributed by atoms with Crippen LogP contribution in [-0.4, -0.2) is 22.9 Å². The molecule has 0 rings (SSSR count). The maximum absolute atomic E-state index is 8.24. The molecule has 0 unspecified atom stereocenters. The molecule has 1 radical (unpaired) electrons. The molecule has 0 aromatic carbocycles. The molecule has 0 aliphatic carbocycles. The van der Waals surface area contributed by atoms with Gasteiger partial charge >= 0.3 is 0 Å². The molecule has 0 spiro atoms. The fourth-order valence-electron chi connectivity index (χ4n) is 0.0609. The first-order valence-electron chi connectivity index (χ1n) is 1.65. The number of aliphatic hydroxyl groups is 2. The summed E-state index contributed by atoms with van der Waals surface area (Å²) in [4.78, 5) is 0. The maximum atomic E-state index is 8.24. The van der Waals surface area contributed by atoms with Crippen molar-refractivity contribution in [3.05, 3.63) is 6.54 Å². The van der Waals surface area contributed by atoms with Crippen LogP contribution in [0.15, 0.2) is 0 Å². The molecule has 0 fully saturated rings. The minimum Gasteiger partial charge on any atom is -0.394 e. The van der Waals surface area contributed by atoms with E-state index < -0.39 is 6.10 Å². The van der Waals surface area contributed by atoms with Gasteiger partial charge in [0.05, 0.1) is 19.3 Å². The normalized spacial score (nSPS) is 14.5. The Morgan fingerprint density at radius 2 is 2.33 bits per heavy atom. The lowest BCUT2D eigenvalue weighted by Gasteiger charge is -1.96. The van der Waals surface area contributed by atoms with E-state index in [-0.39, 0.29) is 6.61 Å². The van der Waals surface area contributed by atoms with Gasteiger partial charge in [-0.2, -0.15) is 0 Å². The van der Waals surface area contributed by atoms with Gasteiger partial charge in [0.2, 0.25) is 0 Å². The van der Waals surface area contributed by atoms with Crippen molar-refractivity contribution in [3.63, 3.8) is 0 Å². The average Bonchev–Trinajstić information content (AvgIpc) is 1.65. The topological polar surface area (TPSA) is 66.5 Å². The third-order valence-corrected chi connectivity index (χ3v) is 0.409. The molecular formula is C3H8NO2. The Morgan fingerprint density at radius 3 is 2.33 bits per heavy atom. The van der Waals surface area contributed by atoms with Crippen molar-refractivity contribution in [2.24, 2.45) is 5.73 Å². The van der Waals surface area contributed by atoms with Crippen molar-refractivity contribution in [1.29, 1.82) is 0 Å². The van der Waals surface area contributed by atoms with Crippen molar-refractivity contribution in [2.75, 3.05) is 6.61 Å². The summed E-state index contributed by atoms with van der Waals surface area (Å²) in [7, 11) is 0. The molecule has 0 heterocycles. The van der Waals surface area contributed by atoms with Crippen LogP contribution in [0.5, 0.6) is 0 Å². The second-order valence-electron chi connectivity index (χ2n) is 0.942. The number of nitrogens with two attached hydrogens (primary N) is 1. The molecule has 37 valence electrons. The molecule has 0 aliphatic heterocycles. The van der Waals surface area contributed by atoms with Crippen LogP contribution < -0.4 is 5.73 Å². The first kappa shape index (κ1) is 5.88. The lowest BCUT2D eigenvalue weighted by atomic mass is 10.4. The molecule has 0 bridgehead atoms. The number of hydrogen-bond acceptors (Lipinski definition) is 3. The van der Waals surface area contributed by atoms with E-state index in [2.05, 4.69) is 0 Å². The summed E-state index contributed by atoms with van der Waals surface area (Å²) in [6.45, 7) is 0.733.